The van der Waals surface area contributed by atoms with Crippen molar-refractivity contribution in [2.45, 2.75) is 29.5 Å². The van der Waals surface area contributed by atoms with Gasteiger partial charge in [0.05, 0.1) is 17.3 Å². The number of nitrogens with zero attached hydrogens (tertiary/aromatic N) is 5. The molecular formula is C15H19N5O4S. The van der Waals surface area contributed by atoms with Gasteiger partial charge < -0.3 is 9.64 Å². The summed E-state index contributed by atoms with van der Waals surface area (Å²) in [6, 6.07) is 6.39. The first kappa shape index (κ1) is 17.3. The summed E-state index contributed by atoms with van der Waals surface area (Å²) in [7, 11) is -1.88. The van der Waals surface area contributed by atoms with Gasteiger partial charge in [-0.05, 0) is 47.5 Å². The zero-order chi connectivity index (χ0) is 17.9. The molecule has 10 heteroatoms. The van der Waals surface area contributed by atoms with Crippen molar-refractivity contribution in [2.24, 2.45) is 0 Å². The second-order valence-corrected chi connectivity index (χ2v) is 8.04. The van der Waals surface area contributed by atoms with E-state index in [9.17, 15) is 13.2 Å². The molecule has 1 amide bonds. The number of hydrogen-bond acceptors (Lipinski definition) is 7. The summed E-state index contributed by atoms with van der Waals surface area (Å²) < 4.78 is 31.9. The van der Waals surface area contributed by atoms with Gasteiger partial charge in [0.15, 0.2) is 9.84 Å². The van der Waals surface area contributed by atoms with Crippen molar-refractivity contribution in [3.05, 3.63) is 30.6 Å². The van der Waals surface area contributed by atoms with Crippen molar-refractivity contribution in [1.29, 1.82) is 0 Å². The number of piperidine rings is 1. The summed E-state index contributed by atoms with van der Waals surface area (Å²) in [5.74, 6) is 0.495. The number of benzene rings is 1. The van der Waals surface area contributed by atoms with Crippen LogP contribution in [-0.2, 0) is 21.2 Å². The van der Waals surface area contributed by atoms with Crippen LogP contribution in [0.25, 0.3) is 0 Å². The van der Waals surface area contributed by atoms with Gasteiger partial charge in [-0.25, -0.2) is 13.1 Å². The van der Waals surface area contributed by atoms with Gasteiger partial charge in [-0.2, -0.15) is 0 Å². The molecule has 3 rings (SSSR count). The standard InChI is InChI=1S/C15H19N5O4S/c1-24-12-2-4-13(5-3-12)25(22,23)14-6-8-19(9-7-14)15(21)10-20-11-16-17-18-20/h2-5,11,14H,6-10H2,1H3. The van der Waals surface area contributed by atoms with Gasteiger partial charge in [0.1, 0.15) is 18.6 Å². The van der Waals surface area contributed by atoms with E-state index >= 15 is 0 Å². The smallest absolute Gasteiger partial charge is 0.244 e. The average Bonchev–Trinajstić information content (AvgIpc) is 3.15. The Morgan fingerprint density at radius 1 is 1.24 bits per heavy atom. The summed E-state index contributed by atoms with van der Waals surface area (Å²) in [4.78, 5) is 14.1. The van der Waals surface area contributed by atoms with E-state index in [1.807, 2.05) is 0 Å². The molecule has 0 saturated carbocycles. The number of hydrogen-bond donors (Lipinski definition) is 0. The SMILES string of the molecule is COc1ccc(S(=O)(=O)C2CCN(C(=O)Cn3cnnn3)CC2)cc1. The van der Waals surface area contributed by atoms with E-state index in [1.54, 1.807) is 29.2 Å². The Labute approximate surface area is 145 Å². The molecule has 0 unspecified atom stereocenters. The summed E-state index contributed by atoms with van der Waals surface area (Å²) in [5.41, 5.74) is 0. The van der Waals surface area contributed by atoms with E-state index in [0.717, 1.165) is 0 Å². The van der Waals surface area contributed by atoms with Crippen molar-refractivity contribution in [1.82, 2.24) is 25.1 Å². The lowest BCUT2D eigenvalue weighted by Crippen LogP contribution is -2.43. The van der Waals surface area contributed by atoms with Gasteiger partial charge >= 0.3 is 0 Å². The van der Waals surface area contributed by atoms with Gasteiger partial charge in [-0.3, -0.25) is 4.79 Å². The molecule has 0 aliphatic carbocycles. The van der Waals surface area contributed by atoms with Gasteiger partial charge in [-0.15, -0.1) is 5.10 Å². The molecule has 0 N–H and O–H groups in total. The van der Waals surface area contributed by atoms with Crippen LogP contribution < -0.4 is 4.74 Å². The first-order chi connectivity index (χ1) is 12.0. The lowest BCUT2D eigenvalue weighted by molar-refractivity contribution is -0.132. The van der Waals surface area contributed by atoms with Crippen LogP contribution in [0.3, 0.4) is 0 Å². The highest BCUT2D eigenvalue weighted by Gasteiger charge is 2.32. The normalized spacial score (nSPS) is 16.0. The zero-order valence-electron chi connectivity index (χ0n) is 13.8. The van der Waals surface area contributed by atoms with Gasteiger partial charge in [-0.1, -0.05) is 0 Å². The fraction of sp³-hybridized carbons (Fsp3) is 0.467. The highest BCUT2D eigenvalue weighted by molar-refractivity contribution is 7.92. The highest BCUT2D eigenvalue weighted by Crippen LogP contribution is 2.26. The third kappa shape index (κ3) is 3.78. The van der Waals surface area contributed by atoms with E-state index < -0.39 is 15.1 Å². The maximum atomic E-state index is 12.7. The molecule has 1 aliphatic rings. The second-order valence-electron chi connectivity index (χ2n) is 5.81. The first-order valence-corrected chi connectivity index (χ1v) is 9.42. The minimum Gasteiger partial charge on any atom is -0.497 e. The second kappa shape index (κ2) is 7.18. The molecule has 1 fully saturated rings. The number of tetrazole rings is 1. The summed E-state index contributed by atoms with van der Waals surface area (Å²) in [5, 5.41) is 10.1. The number of ether oxygens (including phenoxy) is 1. The Kier molecular flexibility index (Phi) is 4.98. The molecule has 2 heterocycles. The van der Waals surface area contributed by atoms with Crippen LogP contribution in [-0.4, -0.2) is 64.9 Å². The molecule has 0 bridgehead atoms. The lowest BCUT2D eigenvalue weighted by Gasteiger charge is -2.31. The number of likely N-dealkylation sites (tertiary alicyclic amines) is 1. The Bertz CT molecular complexity index is 812. The number of amides is 1. The third-order valence-corrected chi connectivity index (χ3v) is 6.59. The number of aromatic nitrogens is 4. The molecular weight excluding hydrogens is 346 g/mol. The van der Waals surface area contributed by atoms with E-state index in [-0.39, 0.29) is 17.3 Å². The van der Waals surface area contributed by atoms with Crippen molar-refractivity contribution < 1.29 is 17.9 Å². The van der Waals surface area contributed by atoms with Crippen molar-refractivity contribution in [3.63, 3.8) is 0 Å². The number of sulfone groups is 1. The zero-order valence-corrected chi connectivity index (χ0v) is 14.6. The molecule has 9 nitrogen and oxygen atoms in total. The number of carbonyl (C=O) groups is 1. The molecule has 0 atom stereocenters. The molecule has 1 aromatic heterocycles. The molecule has 1 aromatic carbocycles. The topological polar surface area (TPSA) is 107 Å². The summed E-state index contributed by atoms with van der Waals surface area (Å²) >= 11 is 0. The van der Waals surface area contributed by atoms with Crippen molar-refractivity contribution >= 4 is 15.7 Å². The molecule has 2 aromatic rings. The summed E-state index contributed by atoms with van der Waals surface area (Å²) in [6.45, 7) is 0.866. The largest absolute Gasteiger partial charge is 0.497 e. The van der Waals surface area contributed by atoms with Crippen LogP contribution in [0.5, 0.6) is 5.75 Å². The maximum Gasteiger partial charge on any atom is 0.244 e. The van der Waals surface area contributed by atoms with Crippen LogP contribution >= 0.6 is 0 Å². The minimum atomic E-state index is -3.42. The maximum absolute atomic E-state index is 12.7. The van der Waals surface area contributed by atoms with Crippen LogP contribution in [0.4, 0.5) is 0 Å². The van der Waals surface area contributed by atoms with Crippen LogP contribution in [0.1, 0.15) is 12.8 Å². The van der Waals surface area contributed by atoms with E-state index in [0.29, 0.717) is 31.7 Å². The first-order valence-electron chi connectivity index (χ1n) is 7.87. The fourth-order valence-corrected chi connectivity index (χ4v) is 4.60. The molecule has 134 valence electrons. The highest BCUT2D eigenvalue weighted by atomic mass is 32.2. The van der Waals surface area contributed by atoms with Gasteiger partial charge in [0.25, 0.3) is 0 Å². The molecule has 1 saturated heterocycles. The van der Waals surface area contributed by atoms with E-state index in [2.05, 4.69) is 15.5 Å². The predicted octanol–water partition coefficient (Wildman–Crippen LogP) is 0.147. The molecule has 25 heavy (non-hydrogen) atoms. The van der Waals surface area contributed by atoms with E-state index in [4.69, 9.17) is 4.74 Å². The third-order valence-electron chi connectivity index (χ3n) is 4.31. The van der Waals surface area contributed by atoms with Gasteiger partial charge in [0.2, 0.25) is 5.91 Å². The molecule has 0 spiro atoms. The molecule has 0 radical (unpaired) electrons. The van der Waals surface area contributed by atoms with Crippen molar-refractivity contribution in [2.75, 3.05) is 20.2 Å². The Hall–Kier alpha value is -2.49. The van der Waals surface area contributed by atoms with Crippen molar-refractivity contribution in [3.8, 4) is 5.75 Å². The number of carbonyl (C=O) groups excluding carboxylic acids is 1. The van der Waals surface area contributed by atoms with Crippen LogP contribution in [0.15, 0.2) is 35.5 Å². The van der Waals surface area contributed by atoms with E-state index in [1.165, 1.54) is 18.1 Å². The van der Waals surface area contributed by atoms with Crippen LogP contribution in [0, 0.1) is 0 Å². The minimum absolute atomic E-state index is 0.0584. The summed E-state index contributed by atoms with van der Waals surface area (Å²) in [6.07, 6.45) is 2.20. The Morgan fingerprint density at radius 3 is 2.48 bits per heavy atom. The lowest BCUT2D eigenvalue weighted by atomic mass is 10.1. The predicted molar refractivity (Wildman–Crippen MR) is 87.6 cm³/mol. The number of methoxy groups -OCH3 is 1. The Morgan fingerprint density at radius 2 is 1.92 bits per heavy atom. The quantitative estimate of drug-likeness (QED) is 0.742. The number of rotatable bonds is 5. The monoisotopic (exact) mass is 365 g/mol. The van der Waals surface area contributed by atoms with Crippen LogP contribution in [0.2, 0.25) is 0 Å². The molecule has 1 aliphatic heterocycles. The Balaban J connectivity index is 1.61. The van der Waals surface area contributed by atoms with Gasteiger partial charge in [0, 0.05) is 13.1 Å². The fourth-order valence-electron chi connectivity index (χ4n) is 2.86. The average molecular weight is 365 g/mol.